The maximum atomic E-state index is 2.70. The van der Waals surface area contributed by atoms with Crippen LogP contribution in [0, 0.1) is 0 Å². The van der Waals surface area contributed by atoms with Gasteiger partial charge in [0, 0.05) is 18.6 Å². The van der Waals surface area contributed by atoms with Crippen molar-refractivity contribution in [3.63, 3.8) is 0 Å². The summed E-state index contributed by atoms with van der Waals surface area (Å²) in [6.45, 7) is 9.97. The number of nitrogens with zero attached hydrogens (tertiary/aromatic N) is 2. The number of hydrogen-bond acceptors (Lipinski definition) is 2. The van der Waals surface area contributed by atoms with Crippen LogP contribution in [0.15, 0.2) is 0 Å². The summed E-state index contributed by atoms with van der Waals surface area (Å²) in [7, 11) is 0. The van der Waals surface area contributed by atoms with E-state index in [1.807, 2.05) is 0 Å². The van der Waals surface area contributed by atoms with Crippen molar-refractivity contribution in [1.82, 2.24) is 9.80 Å². The van der Waals surface area contributed by atoms with Crippen molar-refractivity contribution in [2.75, 3.05) is 26.2 Å². The van der Waals surface area contributed by atoms with E-state index in [0.29, 0.717) is 0 Å². The van der Waals surface area contributed by atoms with Crippen LogP contribution < -0.4 is 0 Å². The van der Waals surface area contributed by atoms with Crippen molar-refractivity contribution in [1.29, 1.82) is 0 Å². The van der Waals surface area contributed by atoms with Gasteiger partial charge < -0.3 is 0 Å². The molecule has 2 heterocycles. The van der Waals surface area contributed by atoms with Gasteiger partial charge in [-0.25, -0.2) is 0 Å². The van der Waals surface area contributed by atoms with Crippen molar-refractivity contribution in [3.8, 4) is 0 Å². The molecule has 2 aliphatic rings. The number of rotatable bonds is 1. The predicted octanol–water partition coefficient (Wildman–Crippen LogP) is 1.56. The Hall–Kier alpha value is -0.0800. The van der Waals surface area contributed by atoms with Gasteiger partial charge in [0.2, 0.25) is 0 Å². The van der Waals surface area contributed by atoms with Crippen molar-refractivity contribution in [3.05, 3.63) is 0 Å². The SMILES string of the molecule is CC(C)N1CCCN2CCCC2C1. The highest BCUT2D eigenvalue weighted by atomic mass is 15.3. The Morgan fingerprint density at radius 3 is 2.62 bits per heavy atom. The van der Waals surface area contributed by atoms with Crippen LogP contribution in [-0.4, -0.2) is 48.1 Å². The van der Waals surface area contributed by atoms with Crippen LogP contribution in [0.2, 0.25) is 0 Å². The molecule has 0 aromatic carbocycles. The second kappa shape index (κ2) is 3.97. The van der Waals surface area contributed by atoms with Gasteiger partial charge in [0.05, 0.1) is 0 Å². The summed E-state index contributed by atoms with van der Waals surface area (Å²) in [5.41, 5.74) is 0. The van der Waals surface area contributed by atoms with Gasteiger partial charge in [-0.2, -0.15) is 0 Å². The Labute approximate surface area is 81.9 Å². The summed E-state index contributed by atoms with van der Waals surface area (Å²) in [6, 6.07) is 1.62. The molecule has 0 radical (unpaired) electrons. The van der Waals surface area contributed by atoms with Crippen molar-refractivity contribution < 1.29 is 0 Å². The average Bonchev–Trinajstić information content (AvgIpc) is 2.42. The summed E-state index contributed by atoms with van der Waals surface area (Å²) in [5.74, 6) is 0. The van der Waals surface area contributed by atoms with E-state index >= 15 is 0 Å². The van der Waals surface area contributed by atoms with E-state index in [2.05, 4.69) is 23.6 Å². The molecule has 2 heteroatoms. The predicted molar refractivity (Wildman–Crippen MR) is 55.9 cm³/mol. The standard InChI is InChI=1S/C11H22N2/c1-10(2)13-8-4-7-12-6-3-5-11(12)9-13/h10-11H,3-9H2,1-2H3. The van der Waals surface area contributed by atoms with Crippen molar-refractivity contribution >= 4 is 0 Å². The zero-order chi connectivity index (χ0) is 9.26. The lowest BCUT2D eigenvalue weighted by Gasteiger charge is -2.28. The lowest BCUT2D eigenvalue weighted by Crippen LogP contribution is -2.39. The maximum Gasteiger partial charge on any atom is 0.0223 e. The summed E-state index contributed by atoms with van der Waals surface area (Å²) in [4.78, 5) is 5.35. The van der Waals surface area contributed by atoms with E-state index in [1.54, 1.807) is 0 Å². The molecule has 0 aliphatic carbocycles. The molecular weight excluding hydrogens is 160 g/mol. The van der Waals surface area contributed by atoms with E-state index in [9.17, 15) is 0 Å². The molecule has 0 saturated carbocycles. The first-order chi connectivity index (χ1) is 6.27. The maximum absolute atomic E-state index is 2.70. The highest BCUT2D eigenvalue weighted by Gasteiger charge is 2.29. The second-order valence-electron chi connectivity index (χ2n) is 4.77. The van der Waals surface area contributed by atoms with Gasteiger partial charge in [-0.05, 0) is 52.7 Å². The first-order valence-electron chi connectivity index (χ1n) is 5.75. The molecule has 0 amide bonds. The quantitative estimate of drug-likeness (QED) is 0.607. The van der Waals surface area contributed by atoms with Crippen molar-refractivity contribution in [2.24, 2.45) is 0 Å². The van der Waals surface area contributed by atoms with E-state index in [1.165, 1.54) is 45.4 Å². The van der Waals surface area contributed by atoms with Gasteiger partial charge >= 0.3 is 0 Å². The van der Waals surface area contributed by atoms with Gasteiger partial charge in [0.15, 0.2) is 0 Å². The first-order valence-corrected chi connectivity index (χ1v) is 5.75. The molecule has 1 atom stereocenters. The van der Waals surface area contributed by atoms with Crippen LogP contribution in [0.1, 0.15) is 33.1 Å². The zero-order valence-electron chi connectivity index (χ0n) is 9.00. The van der Waals surface area contributed by atoms with Gasteiger partial charge in [0.25, 0.3) is 0 Å². The zero-order valence-corrected chi connectivity index (χ0v) is 9.00. The molecule has 2 nitrogen and oxygen atoms in total. The second-order valence-corrected chi connectivity index (χ2v) is 4.77. The van der Waals surface area contributed by atoms with Crippen LogP contribution in [0.3, 0.4) is 0 Å². The molecule has 0 bridgehead atoms. The highest BCUT2D eigenvalue weighted by molar-refractivity contribution is 4.85. The largest absolute Gasteiger partial charge is 0.299 e. The van der Waals surface area contributed by atoms with E-state index in [-0.39, 0.29) is 0 Å². The fraction of sp³-hybridized carbons (Fsp3) is 1.00. The topological polar surface area (TPSA) is 6.48 Å². The monoisotopic (exact) mass is 182 g/mol. The number of hydrogen-bond donors (Lipinski definition) is 0. The molecule has 0 aromatic rings. The fourth-order valence-electron chi connectivity index (χ4n) is 2.70. The third kappa shape index (κ3) is 2.05. The third-order valence-electron chi connectivity index (χ3n) is 3.57. The summed E-state index contributed by atoms with van der Waals surface area (Å²) in [6.07, 6.45) is 4.23. The third-order valence-corrected chi connectivity index (χ3v) is 3.57. The van der Waals surface area contributed by atoms with E-state index in [4.69, 9.17) is 0 Å². The minimum Gasteiger partial charge on any atom is -0.299 e. The molecule has 0 spiro atoms. The molecule has 0 N–H and O–H groups in total. The summed E-state index contributed by atoms with van der Waals surface area (Å²) in [5, 5.41) is 0. The van der Waals surface area contributed by atoms with Gasteiger partial charge in [0.1, 0.15) is 0 Å². The minimum absolute atomic E-state index is 0.737. The van der Waals surface area contributed by atoms with Gasteiger partial charge in [-0.3, -0.25) is 9.80 Å². The molecule has 2 fully saturated rings. The van der Waals surface area contributed by atoms with Crippen LogP contribution in [0.5, 0.6) is 0 Å². The Morgan fingerprint density at radius 1 is 1.08 bits per heavy atom. The Morgan fingerprint density at radius 2 is 1.85 bits per heavy atom. The highest BCUT2D eigenvalue weighted by Crippen LogP contribution is 2.21. The molecule has 2 aliphatic heterocycles. The summed E-state index contributed by atoms with van der Waals surface area (Å²) < 4.78 is 0. The van der Waals surface area contributed by atoms with E-state index < -0.39 is 0 Å². The Bertz CT molecular complexity index is 167. The van der Waals surface area contributed by atoms with E-state index in [0.717, 1.165) is 12.1 Å². The number of fused-ring (bicyclic) bond motifs is 1. The van der Waals surface area contributed by atoms with Crippen LogP contribution >= 0.6 is 0 Å². The molecule has 0 aromatic heterocycles. The van der Waals surface area contributed by atoms with Gasteiger partial charge in [-0.15, -0.1) is 0 Å². The first kappa shape index (κ1) is 9.47. The molecule has 76 valence electrons. The lowest BCUT2D eigenvalue weighted by molar-refractivity contribution is 0.190. The normalized spacial score (nSPS) is 32.1. The fourth-order valence-corrected chi connectivity index (χ4v) is 2.70. The average molecular weight is 182 g/mol. The van der Waals surface area contributed by atoms with Crippen LogP contribution in [0.4, 0.5) is 0 Å². The Kier molecular flexibility index (Phi) is 2.89. The molecule has 13 heavy (non-hydrogen) atoms. The van der Waals surface area contributed by atoms with Gasteiger partial charge in [-0.1, -0.05) is 0 Å². The van der Waals surface area contributed by atoms with Crippen molar-refractivity contribution in [2.45, 2.75) is 45.2 Å². The smallest absolute Gasteiger partial charge is 0.0223 e. The lowest BCUT2D eigenvalue weighted by atomic mass is 10.2. The minimum atomic E-state index is 0.737. The summed E-state index contributed by atoms with van der Waals surface area (Å²) >= 11 is 0. The molecule has 2 saturated heterocycles. The Balaban J connectivity index is 1.96. The molecular formula is C11H22N2. The van der Waals surface area contributed by atoms with Crippen LogP contribution in [-0.2, 0) is 0 Å². The molecule has 1 unspecified atom stereocenters. The molecule has 2 rings (SSSR count). The van der Waals surface area contributed by atoms with Crippen LogP contribution in [0.25, 0.3) is 0 Å².